The van der Waals surface area contributed by atoms with Gasteiger partial charge in [-0.1, -0.05) is 70.7 Å². The maximum absolute atomic E-state index is 13.0. The molecule has 2 amide bonds. The van der Waals surface area contributed by atoms with Gasteiger partial charge in [0, 0.05) is 101 Å². The summed E-state index contributed by atoms with van der Waals surface area (Å²) in [6.07, 6.45) is 0. The average Bonchev–Trinajstić information content (AvgIpc) is 3.37. The Morgan fingerprint density at radius 3 is 1.27 bits per heavy atom. The van der Waals surface area contributed by atoms with E-state index < -0.39 is 31.9 Å². The topological polar surface area (TPSA) is 220 Å². The number of likely N-dealkylation sites (N-methyl/N-ethyl adjacent to an activating group) is 2. The number of carbonyl (C=O) groups is 2. The van der Waals surface area contributed by atoms with E-state index in [9.17, 15) is 26.4 Å². The summed E-state index contributed by atoms with van der Waals surface area (Å²) in [5.74, 6) is -0.922. The minimum absolute atomic E-state index is 0.0143. The number of hydrogen-bond donors (Lipinski definition) is 5. The molecule has 2 heterocycles. The van der Waals surface area contributed by atoms with E-state index in [1.165, 1.54) is 18.2 Å². The molecule has 2 unspecified atom stereocenters. The predicted octanol–water partition coefficient (Wildman–Crippen LogP) is 6.52. The normalized spacial score (nSPS) is 16.1. The van der Waals surface area contributed by atoms with Crippen LogP contribution in [0.1, 0.15) is 65.9 Å². The second-order valence-electron chi connectivity index (χ2n) is 18.1. The van der Waals surface area contributed by atoms with Crippen molar-refractivity contribution < 1.29 is 45.4 Å². The molecule has 17 nitrogen and oxygen atoms in total. The summed E-state index contributed by atoms with van der Waals surface area (Å²) in [6.45, 7) is 4.78. The van der Waals surface area contributed by atoms with Gasteiger partial charge >= 0.3 is 0 Å². The third-order valence-electron chi connectivity index (χ3n) is 12.5. The van der Waals surface area contributed by atoms with Crippen LogP contribution in [0.2, 0.25) is 20.1 Å². The first-order valence-electron chi connectivity index (χ1n) is 24.2. The molecule has 0 aliphatic carbocycles. The second-order valence-corrected chi connectivity index (χ2v) is 23.4. The van der Waals surface area contributed by atoms with Gasteiger partial charge in [-0.15, -0.1) is 0 Å². The molecule has 5 aromatic rings. The lowest BCUT2D eigenvalue weighted by atomic mass is 9.85. The molecule has 0 saturated carbocycles. The minimum atomic E-state index is -3.78. The van der Waals surface area contributed by atoms with Crippen LogP contribution < -0.4 is 25.8 Å². The number of amides is 2. The summed E-state index contributed by atoms with van der Waals surface area (Å²) in [5.41, 5.74) is 12.7. The van der Waals surface area contributed by atoms with Crippen LogP contribution in [0, 0.1) is 0 Å². The van der Waals surface area contributed by atoms with Crippen LogP contribution in [0.15, 0.2) is 101 Å². The van der Waals surface area contributed by atoms with Crippen LogP contribution in [0.4, 0.5) is 5.69 Å². The smallest absolute Gasteiger partial charge is 0.251 e. The zero-order chi connectivity index (χ0) is 53.7. The Balaban J connectivity index is 0.709. The first kappa shape index (κ1) is 58.3. The molecule has 0 bridgehead atoms. The Hall–Kier alpha value is -4.42. The first-order chi connectivity index (χ1) is 35.9. The van der Waals surface area contributed by atoms with Gasteiger partial charge in [-0.25, -0.2) is 26.3 Å². The largest absolute Gasteiger partial charge is 0.399 e. The van der Waals surface area contributed by atoms with Crippen molar-refractivity contribution in [2.24, 2.45) is 0 Å². The number of nitrogens with one attached hydrogen (secondary N) is 4. The molecule has 0 aromatic heterocycles. The second kappa shape index (κ2) is 27.3. The Morgan fingerprint density at radius 1 is 0.533 bits per heavy atom. The fraction of sp³-hybridized carbons (Fsp3) is 0.385. The van der Waals surface area contributed by atoms with Crippen molar-refractivity contribution >= 4 is 84.0 Å². The van der Waals surface area contributed by atoms with E-state index in [4.69, 9.17) is 71.1 Å². The predicted molar refractivity (Wildman–Crippen MR) is 291 cm³/mol. The molecular weight excluding hydrogens is 1090 g/mol. The molecule has 2 atom stereocenters. The number of nitrogens with two attached hydrogens (primary N) is 1. The molecule has 2 aliphatic heterocycles. The van der Waals surface area contributed by atoms with Crippen LogP contribution in [0.25, 0.3) is 0 Å². The van der Waals surface area contributed by atoms with E-state index in [1.807, 2.05) is 50.5 Å². The van der Waals surface area contributed by atoms with Crippen molar-refractivity contribution in [3.8, 4) is 0 Å². The standard InChI is InChI=1S/C52H61Cl4N7O10S2/c1-62-30-45(43-26-38(53)28-49(55)47(43)32-62)34-3-7-41(8-4-34)74(66,67)60-13-17-72-21-19-70-15-11-58-51(64)36-23-37(25-40(57)24-36)52(65)59-12-16-71-20-22-73-18-14-61-75(68,69)42-9-5-35(6-10-42)46-31-63(2)33-48-44(46)27-39(54)29-50(48)56/h3-10,23-29,45-46,60-61H,11-22,30-33,57H2,1-2H3,(H,58,64)(H,59,65). The highest BCUT2D eigenvalue weighted by atomic mass is 35.5. The number of nitrogens with zero attached hydrogens (tertiary/aromatic N) is 2. The van der Waals surface area contributed by atoms with Crippen LogP contribution in [0.5, 0.6) is 0 Å². The van der Waals surface area contributed by atoms with E-state index in [2.05, 4.69) is 29.9 Å². The van der Waals surface area contributed by atoms with E-state index in [0.717, 1.165) is 46.5 Å². The number of carbonyl (C=O) groups excluding carboxylic acids is 2. The highest BCUT2D eigenvalue weighted by Crippen LogP contribution is 2.40. The number of fused-ring (bicyclic) bond motifs is 2. The third-order valence-corrected chi connectivity index (χ3v) is 16.6. The Kier molecular flexibility index (Phi) is 21.2. The summed E-state index contributed by atoms with van der Waals surface area (Å²) < 4.78 is 79.2. The zero-order valence-electron chi connectivity index (χ0n) is 41.5. The molecule has 75 heavy (non-hydrogen) atoms. The Labute approximate surface area is 458 Å². The van der Waals surface area contributed by atoms with Crippen LogP contribution in [-0.4, -0.2) is 145 Å². The van der Waals surface area contributed by atoms with Crippen molar-refractivity contribution in [1.29, 1.82) is 0 Å². The summed E-state index contributed by atoms with van der Waals surface area (Å²) in [4.78, 5) is 30.4. The SMILES string of the molecule is CN1Cc2c(Cl)cc(Cl)cc2C(c2ccc(S(=O)(=O)NCCOCCOCCNC(=O)c3cc(N)cc(C(=O)NCCOCCOCCNS(=O)(=O)c4ccc(C5CN(C)Cc6c(Cl)cc(Cl)cc65)cc4)c3)cc2)C1. The highest BCUT2D eigenvalue weighted by Gasteiger charge is 2.29. The van der Waals surface area contributed by atoms with Gasteiger partial charge in [0.15, 0.2) is 0 Å². The quantitative estimate of drug-likeness (QED) is 0.0295. The van der Waals surface area contributed by atoms with Crippen molar-refractivity contribution in [3.05, 3.63) is 156 Å². The lowest BCUT2D eigenvalue weighted by Crippen LogP contribution is -2.31. The summed E-state index contributed by atoms with van der Waals surface area (Å²) in [5, 5.41) is 7.81. The van der Waals surface area contributed by atoms with Gasteiger partial charge in [0.05, 0.1) is 62.6 Å². The van der Waals surface area contributed by atoms with Crippen LogP contribution >= 0.6 is 46.4 Å². The lowest BCUT2D eigenvalue weighted by Gasteiger charge is -2.33. The van der Waals surface area contributed by atoms with Gasteiger partial charge in [-0.05, 0) is 114 Å². The minimum Gasteiger partial charge on any atom is -0.399 e. The van der Waals surface area contributed by atoms with E-state index in [1.54, 1.807) is 36.4 Å². The van der Waals surface area contributed by atoms with Crippen molar-refractivity contribution in [2.45, 2.75) is 34.7 Å². The van der Waals surface area contributed by atoms with Crippen molar-refractivity contribution in [2.75, 3.05) is 112 Å². The number of halogens is 4. The van der Waals surface area contributed by atoms with Crippen molar-refractivity contribution in [3.63, 3.8) is 0 Å². The number of hydrogen-bond acceptors (Lipinski definition) is 13. The van der Waals surface area contributed by atoms with Gasteiger partial charge in [-0.2, -0.15) is 0 Å². The Morgan fingerprint density at radius 2 is 0.893 bits per heavy atom. The molecule has 5 aromatic carbocycles. The molecule has 404 valence electrons. The number of ether oxygens (including phenoxy) is 4. The number of sulfonamides is 2. The third kappa shape index (κ3) is 16.3. The van der Waals surface area contributed by atoms with Crippen molar-refractivity contribution in [1.82, 2.24) is 29.9 Å². The number of nitrogen functional groups attached to an aromatic ring is 1. The van der Waals surface area contributed by atoms with E-state index in [0.29, 0.717) is 33.2 Å². The van der Waals surface area contributed by atoms with Gasteiger partial charge in [0.25, 0.3) is 11.8 Å². The monoisotopic (exact) mass is 1150 g/mol. The molecule has 23 heteroatoms. The molecular formula is C52H61Cl4N7O10S2. The molecule has 6 N–H and O–H groups in total. The van der Waals surface area contributed by atoms with Crippen LogP contribution in [-0.2, 0) is 52.1 Å². The lowest BCUT2D eigenvalue weighted by molar-refractivity contribution is 0.0503. The summed E-state index contributed by atoms with van der Waals surface area (Å²) in [7, 11) is -3.53. The van der Waals surface area contributed by atoms with Crippen LogP contribution in [0.3, 0.4) is 0 Å². The fourth-order valence-electron chi connectivity index (χ4n) is 8.92. The van der Waals surface area contributed by atoms with Gasteiger partial charge < -0.3 is 45.1 Å². The Bertz CT molecular complexity index is 2820. The molecule has 2 aliphatic rings. The molecule has 0 radical (unpaired) electrons. The number of anilines is 1. The maximum Gasteiger partial charge on any atom is 0.251 e. The zero-order valence-corrected chi connectivity index (χ0v) is 46.2. The summed E-state index contributed by atoms with van der Waals surface area (Å²) in [6, 6.07) is 25.3. The van der Waals surface area contributed by atoms with Gasteiger partial charge in [-0.3, -0.25) is 9.59 Å². The highest BCUT2D eigenvalue weighted by molar-refractivity contribution is 7.89. The summed E-state index contributed by atoms with van der Waals surface area (Å²) >= 11 is 25.7. The van der Waals surface area contributed by atoms with Gasteiger partial charge in [0.2, 0.25) is 20.0 Å². The van der Waals surface area contributed by atoms with E-state index >= 15 is 0 Å². The van der Waals surface area contributed by atoms with Gasteiger partial charge in [0.1, 0.15) is 0 Å². The average molecular weight is 1150 g/mol. The molecule has 7 rings (SSSR count). The fourth-order valence-corrected chi connectivity index (χ4v) is 12.1. The molecule has 0 spiro atoms. The molecule has 0 fully saturated rings. The first-order valence-corrected chi connectivity index (χ1v) is 28.7. The number of benzene rings is 5. The maximum atomic E-state index is 13.0. The number of rotatable bonds is 26. The van der Waals surface area contributed by atoms with E-state index in [-0.39, 0.29) is 117 Å². The molecule has 0 saturated heterocycles.